The normalized spacial score (nSPS) is 33.7. The highest BCUT2D eigenvalue weighted by Crippen LogP contribution is 2.43. The zero-order valence-corrected chi connectivity index (χ0v) is 15.9. The van der Waals surface area contributed by atoms with Gasteiger partial charge in [0.15, 0.2) is 33.4 Å². The first-order valence-corrected chi connectivity index (χ1v) is 8.77. The average molecular weight is 479 g/mol. The molecule has 0 spiro atoms. The van der Waals surface area contributed by atoms with Crippen molar-refractivity contribution in [1.29, 1.82) is 0 Å². The van der Waals surface area contributed by atoms with Gasteiger partial charge >= 0.3 is 0 Å². The number of halogens is 1. The van der Waals surface area contributed by atoms with E-state index in [0.717, 1.165) is 0 Å². The molecule has 2 saturated heterocycles. The molecule has 0 saturated carbocycles. The van der Waals surface area contributed by atoms with E-state index in [9.17, 15) is 4.79 Å². The van der Waals surface area contributed by atoms with E-state index >= 15 is 0 Å². The molecule has 2 aromatic rings. The van der Waals surface area contributed by atoms with Crippen LogP contribution in [0.2, 0.25) is 0 Å². The third kappa shape index (κ3) is 2.82. The molecule has 2 aromatic heterocycles. The second-order valence-corrected chi connectivity index (χ2v) is 7.29. The minimum Gasteiger partial charge on any atom is -0.382 e. The van der Waals surface area contributed by atoms with Crippen LogP contribution < -0.4 is 11.1 Å². The van der Waals surface area contributed by atoms with Gasteiger partial charge in [-0.25, -0.2) is 15.0 Å². The SMILES string of the molecule is [2H]C([2H])([2H])C([2H])([2H])NC(=O)[C@H]1O[C@@H](n2cnc3c(N)nc(I)nc32)[C@@H]2OC(C)(C)O[C@@H]21. The maximum atomic E-state index is 12.8. The molecule has 4 rings (SSSR count). The molecule has 2 fully saturated rings. The summed E-state index contributed by atoms with van der Waals surface area (Å²) >= 11 is 1.91. The number of amides is 1. The van der Waals surface area contributed by atoms with Crippen LogP contribution in [0.25, 0.3) is 11.2 Å². The fourth-order valence-corrected chi connectivity index (χ4v) is 3.73. The summed E-state index contributed by atoms with van der Waals surface area (Å²) in [6.07, 6.45) is -2.55. The number of nitrogens with two attached hydrogens (primary N) is 1. The summed E-state index contributed by atoms with van der Waals surface area (Å²) in [4.78, 5) is 25.4. The number of anilines is 1. The van der Waals surface area contributed by atoms with Crippen molar-refractivity contribution in [3.8, 4) is 0 Å². The molecule has 0 aliphatic carbocycles. The van der Waals surface area contributed by atoms with Crippen molar-refractivity contribution in [2.45, 2.75) is 51.0 Å². The first kappa shape index (κ1) is 12.8. The van der Waals surface area contributed by atoms with Crippen LogP contribution in [0, 0.1) is 3.83 Å². The number of nitrogens with one attached hydrogen (secondary N) is 1. The van der Waals surface area contributed by atoms with E-state index in [2.05, 4.69) is 15.0 Å². The van der Waals surface area contributed by atoms with Crippen LogP contribution in [0.4, 0.5) is 5.82 Å². The highest BCUT2D eigenvalue weighted by molar-refractivity contribution is 14.1. The Morgan fingerprint density at radius 3 is 3.04 bits per heavy atom. The van der Waals surface area contributed by atoms with Crippen molar-refractivity contribution < 1.29 is 25.9 Å². The lowest BCUT2D eigenvalue weighted by Gasteiger charge is -2.24. The maximum absolute atomic E-state index is 12.8. The number of aromatic nitrogens is 4. The number of nitrogens with zero attached hydrogens (tertiary/aromatic N) is 4. The number of hydrogen-bond donors (Lipinski definition) is 2. The summed E-state index contributed by atoms with van der Waals surface area (Å²) in [6.45, 7) is -2.71. The van der Waals surface area contributed by atoms with Gasteiger partial charge in [0.2, 0.25) is 0 Å². The predicted molar refractivity (Wildman–Crippen MR) is 98.9 cm³/mol. The Morgan fingerprint density at radius 2 is 2.27 bits per heavy atom. The molecule has 0 radical (unpaired) electrons. The van der Waals surface area contributed by atoms with Crippen LogP contribution in [0.1, 0.15) is 33.8 Å². The van der Waals surface area contributed by atoms with Gasteiger partial charge in [0, 0.05) is 35.9 Å². The Hall–Kier alpha value is -1.57. The van der Waals surface area contributed by atoms with Gasteiger partial charge in [-0.2, -0.15) is 0 Å². The third-order valence-electron chi connectivity index (χ3n) is 4.17. The number of fused-ring (bicyclic) bond motifs is 2. The van der Waals surface area contributed by atoms with Crippen LogP contribution in [0.3, 0.4) is 0 Å². The lowest BCUT2D eigenvalue weighted by Crippen LogP contribution is -2.42. The quantitative estimate of drug-likeness (QED) is 0.484. The molecule has 0 aromatic carbocycles. The van der Waals surface area contributed by atoms with E-state index in [4.69, 9.17) is 26.8 Å². The minimum atomic E-state index is -3.07. The second-order valence-electron chi connectivity index (χ2n) is 6.33. The van der Waals surface area contributed by atoms with Gasteiger partial charge in [-0.3, -0.25) is 9.36 Å². The predicted octanol–water partition coefficient (Wildman–Crippen LogP) is 0.567. The molecule has 0 unspecified atom stereocenters. The Morgan fingerprint density at radius 1 is 1.50 bits per heavy atom. The summed E-state index contributed by atoms with van der Waals surface area (Å²) in [5.74, 6) is -1.86. The van der Waals surface area contributed by atoms with Gasteiger partial charge in [0.1, 0.15) is 17.7 Å². The second kappa shape index (κ2) is 6.25. The molecule has 2 aliphatic heterocycles. The maximum Gasteiger partial charge on any atom is 0.252 e. The highest BCUT2D eigenvalue weighted by Gasteiger charge is 2.58. The molecular weight excluding hydrogens is 455 g/mol. The molecule has 1 amide bonds. The monoisotopic (exact) mass is 479 g/mol. The molecule has 3 N–H and O–H groups in total. The number of imidazole rings is 1. The van der Waals surface area contributed by atoms with E-state index < -0.39 is 49.6 Å². The van der Waals surface area contributed by atoms with E-state index in [-0.39, 0.29) is 5.82 Å². The van der Waals surface area contributed by atoms with Crippen LogP contribution in [0.5, 0.6) is 0 Å². The molecule has 10 nitrogen and oxygen atoms in total. The van der Waals surface area contributed by atoms with Gasteiger partial charge in [-0.1, -0.05) is 0 Å². The fraction of sp³-hybridized carbons (Fsp3) is 0.600. The average Bonchev–Trinajstić information content (AvgIpc) is 3.23. The summed E-state index contributed by atoms with van der Waals surface area (Å²) < 4.78 is 56.8. The number of ether oxygens (including phenoxy) is 3. The van der Waals surface area contributed by atoms with Crippen LogP contribution in [-0.4, -0.2) is 56.0 Å². The van der Waals surface area contributed by atoms with E-state index in [1.165, 1.54) is 10.9 Å². The first-order chi connectivity index (χ1) is 14.2. The first-order valence-electron chi connectivity index (χ1n) is 10.2. The van der Waals surface area contributed by atoms with Crippen LogP contribution in [0.15, 0.2) is 6.33 Å². The van der Waals surface area contributed by atoms with Crippen molar-refractivity contribution in [3.05, 3.63) is 10.2 Å². The number of nitrogen functional groups attached to an aromatic ring is 1. The Kier molecular flexibility index (Phi) is 3.07. The zero-order valence-electron chi connectivity index (χ0n) is 18.8. The fourth-order valence-electron chi connectivity index (χ4n) is 3.24. The summed E-state index contributed by atoms with van der Waals surface area (Å²) in [6, 6.07) is 0. The van der Waals surface area contributed by atoms with Crippen molar-refractivity contribution in [3.63, 3.8) is 0 Å². The summed E-state index contributed by atoms with van der Waals surface area (Å²) in [5, 5.41) is 1.90. The zero-order chi connectivity index (χ0) is 22.9. The molecule has 2 aliphatic rings. The van der Waals surface area contributed by atoms with E-state index in [1.54, 1.807) is 13.8 Å². The minimum absolute atomic E-state index is 0.173. The molecule has 140 valence electrons. The smallest absolute Gasteiger partial charge is 0.252 e. The lowest BCUT2D eigenvalue weighted by atomic mass is 10.1. The van der Waals surface area contributed by atoms with Gasteiger partial charge in [0.25, 0.3) is 5.91 Å². The number of rotatable bonds is 3. The van der Waals surface area contributed by atoms with Gasteiger partial charge < -0.3 is 25.3 Å². The number of hydrogen-bond acceptors (Lipinski definition) is 8. The van der Waals surface area contributed by atoms with E-state index in [0.29, 0.717) is 15.0 Å². The van der Waals surface area contributed by atoms with Gasteiger partial charge in [-0.15, -0.1) is 0 Å². The van der Waals surface area contributed by atoms with Gasteiger partial charge in [0.05, 0.1) is 6.33 Å². The Balaban J connectivity index is 1.69. The Labute approximate surface area is 170 Å². The number of likely N-dealkylation sites (N-methyl/N-ethyl adjacent to an activating group) is 1. The van der Waals surface area contributed by atoms with E-state index in [1.807, 2.05) is 27.9 Å². The number of carbonyl (C=O) groups excluding carboxylic acids is 1. The number of carbonyl (C=O) groups is 1. The summed E-state index contributed by atoms with van der Waals surface area (Å²) in [5.41, 5.74) is 6.61. The molecule has 26 heavy (non-hydrogen) atoms. The van der Waals surface area contributed by atoms with Crippen molar-refractivity contribution in [1.82, 2.24) is 24.8 Å². The molecule has 11 heteroatoms. The van der Waals surface area contributed by atoms with Crippen molar-refractivity contribution in [2.75, 3.05) is 12.2 Å². The molecular formula is C15H19IN6O4. The van der Waals surface area contributed by atoms with Crippen molar-refractivity contribution in [2.24, 2.45) is 0 Å². The lowest BCUT2D eigenvalue weighted by molar-refractivity contribution is -0.197. The Bertz CT molecular complexity index is 1050. The van der Waals surface area contributed by atoms with Gasteiger partial charge in [-0.05, 0) is 20.7 Å². The highest BCUT2D eigenvalue weighted by atomic mass is 127. The van der Waals surface area contributed by atoms with Crippen molar-refractivity contribution >= 4 is 45.5 Å². The largest absolute Gasteiger partial charge is 0.382 e. The molecule has 4 heterocycles. The standard InChI is InChI=1S/C15H19IN6O4/c1-4-18-12(23)8-7-9(26-15(2,3)25-7)13(24-8)22-5-19-6-10(17)20-14(16)21-11(6)22/h5,7-9,13H,4H2,1-3H3,(H,18,23)(H2,17,20,21)/t7-,8+,9-,13-/m1/s1/i1D3,4D2. The molecule has 0 bridgehead atoms. The molecule has 4 atom stereocenters. The topological polar surface area (TPSA) is 126 Å². The summed E-state index contributed by atoms with van der Waals surface area (Å²) in [7, 11) is 0. The van der Waals surface area contributed by atoms with Crippen LogP contribution >= 0.6 is 22.6 Å². The third-order valence-corrected chi connectivity index (χ3v) is 4.65. The van der Waals surface area contributed by atoms with Crippen LogP contribution in [-0.2, 0) is 19.0 Å².